The minimum atomic E-state index is -0.410. The molecule has 0 bridgehead atoms. The van der Waals surface area contributed by atoms with Crippen molar-refractivity contribution in [1.82, 2.24) is 4.57 Å². The number of hydrogen-bond acceptors (Lipinski definition) is 1. The quantitative estimate of drug-likeness (QED) is 0.161. The minimum absolute atomic E-state index is 0.410. The van der Waals surface area contributed by atoms with Gasteiger partial charge in [-0.05, 0) is 125 Å². The number of anilines is 3. The fourth-order valence-electron chi connectivity index (χ4n) is 11.7. The highest BCUT2D eigenvalue weighted by Crippen LogP contribution is 2.63. The van der Waals surface area contributed by atoms with Gasteiger partial charge in [0.25, 0.3) is 0 Å². The Bertz CT molecular complexity index is 3750. The van der Waals surface area contributed by atoms with Crippen LogP contribution in [0.2, 0.25) is 0 Å². The molecule has 0 amide bonds. The van der Waals surface area contributed by atoms with Gasteiger partial charge in [-0.3, -0.25) is 0 Å². The zero-order valence-electron chi connectivity index (χ0n) is 34.3. The normalized spacial score (nSPS) is 13.2. The second kappa shape index (κ2) is 12.9. The smallest absolute Gasteiger partial charge is 0.0725 e. The van der Waals surface area contributed by atoms with E-state index < -0.39 is 5.41 Å². The summed E-state index contributed by atoms with van der Waals surface area (Å²) in [5.41, 5.74) is 17.0. The van der Waals surface area contributed by atoms with E-state index in [1.54, 1.807) is 0 Å². The van der Waals surface area contributed by atoms with Crippen molar-refractivity contribution in [1.29, 1.82) is 0 Å². The lowest BCUT2D eigenvalue weighted by Crippen LogP contribution is -2.25. The Morgan fingerprint density at radius 1 is 0.286 bits per heavy atom. The van der Waals surface area contributed by atoms with E-state index in [1.165, 1.54) is 98.6 Å². The van der Waals surface area contributed by atoms with Crippen molar-refractivity contribution in [3.63, 3.8) is 0 Å². The Balaban J connectivity index is 1.07. The topological polar surface area (TPSA) is 8.17 Å². The van der Waals surface area contributed by atoms with Crippen LogP contribution in [-0.4, -0.2) is 4.57 Å². The molecule has 2 nitrogen and oxygen atoms in total. The van der Waals surface area contributed by atoms with Gasteiger partial charge in [0.15, 0.2) is 0 Å². The molecular weight excluding hydrogens is 761 g/mol. The summed E-state index contributed by atoms with van der Waals surface area (Å²) in [6, 6.07) is 85.9. The summed E-state index contributed by atoms with van der Waals surface area (Å²) in [4.78, 5) is 2.51. The molecule has 0 aliphatic heterocycles. The average Bonchev–Trinajstić information content (AvgIpc) is 3.96. The third kappa shape index (κ3) is 4.57. The molecule has 2 aliphatic rings. The molecule has 0 radical (unpaired) electrons. The highest BCUT2D eigenvalue weighted by Gasteiger charge is 2.51. The summed E-state index contributed by atoms with van der Waals surface area (Å²) in [7, 11) is 0. The van der Waals surface area contributed by atoms with E-state index >= 15 is 0 Å². The molecule has 11 aromatic carbocycles. The van der Waals surface area contributed by atoms with Crippen molar-refractivity contribution >= 4 is 71.2 Å². The highest BCUT2D eigenvalue weighted by atomic mass is 15.2. The molecule has 0 unspecified atom stereocenters. The lowest BCUT2D eigenvalue weighted by molar-refractivity contribution is 0.794. The number of para-hydroxylation sites is 4. The van der Waals surface area contributed by atoms with E-state index in [1.807, 2.05) is 0 Å². The fraction of sp³-hybridized carbons (Fsp3) is 0.0164. The van der Waals surface area contributed by atoms with Gasteiger partial charge in [-0.15, -0.1) is 0 Å². The number of nitrogens with zero attached hydrogens (tertiary/aromatic N) is 2. The van der Waals surface area contributed by atoms with Crippen LogP contribution in [0, 0.1) is 0 Å². The first-order valence-corrected chi connectivity index (χ1v) is 21.9. The van der Waals surface area contributed by atoms with Crippen LogP contribution in [0.25, 0.3) is 82.1 Å². The Hall–Kier alpha value is -8.20. The summed E-state index contributed by atoms with van der Waals surface area (Å²) < 4.78 is 2.46. The molecule has 292 valence electrons. The largest absolute Gasteiger partial charge is 0.308 e. The first-order chi connectivity index (χ1) is 31.3. The Morgan fingerprint density at radius 2 is 0.683 bits per heavy atom. The number of rotatable bonds is 4. The van der Waals surface area contributed by atoms with Gasteiger partial charge in [0.2, 0.25) is 0 Å². The van der Waals surface area contributed by atoms with Crippen molar-refractivity contribution in [2.24, 2.45) is 0 Å². The molecule has 0 saturated carbocycles. The zero-order valence-corrected chi connectivity index (χ0v) is 34.3. The first-order valence-electron chi connectivity index (χ1n) is 21.9. The molecule has 63 heavy (non-hydrogen) atoms. The average molecular weight is 799 g/mol. The lowest BCUT2D eigenvalue weighted by atomic mass is 9.70. The van der Waals surface area contributed by atoms with Crippen LogP contribution in [0.5, 0.6) is 0 Å². The van der Waals surface area contributed by atoms with Crippen LogP contribution >= 0.6 is 0 Å². The van der Waals surface area contributed by atoms with Gasteiger partial charge in [-0.25, -0.2) is 0 Å². The SMILES string of the molecule is c1ccc2c(c1)-c1ccccc1C21c2ccccc2-c2cc(N(c3ccc4c5ccccc5c5ccccc5c4c3)c3ccccc3-n3c4ccccc4c4ccccc43)ccc21. The van der Waals surface area contributed by atoms with Crippen LogP contribution in [-0.2, 0) is 5.41 Å². The third-order valence-electron chi connectivity index (χ3n) is 14.2. The molecule has 1 heterocycles. The molecule has 0 saturated heterocycles. The van der Waals surface area contributed by atoms with Crippen molar-refractivity contribution < 1.29 is 0 Å². The van der Waals surface area contributed by atoms with E-state index in [4.69, 9.17) is 0 Å². The maximum atomic E-state index is 2.51. The number of fused-ring (bicyclic) bond motifs is 19. The Kier molecular flexibility index (Phi) is 7.07. The highest BCUT2D eigenvalue weighted by molar-refractivity contribution is 6.26. The van der Waals surface area contributed by atoms with Gasteiger partial charge in [0.1, 0.15) is 0 Å². The Labute approximate surface area is 365 Å². The van der Waals surface area contributed by atoms with Gasteiger partial charge in [-0.2, -0.15) is 0 Å². The molecule has 2 heteroatoms. The van der Waals surface area contributed by atoms with E-state index in [9.17, 15) is 0 Å². The van der Waals surface area contributed by atoms with Crippen LogP contribution in [0.1, 0.15) is 22.3 Å². The monoisotopic (exact) mass is 798 g/mol. The van der Waals surface area contributed by atoms with Crippen LogP contribution < -0.4 is 4.90 Å². The molecule has 12 aromatic rings. The van der Waals surface area contributed by atoms with Gasteiger partial charge < -0.3 is 9.47 Å². The summed E-state index contributed by atoms with van der Waals surface area (Å²) >= 11 is 0. The lowest BCUT2D eigenvalue weighted by Gasteiger charge is -2.32. The molecule has 0 N–H and O–H groups in total. The Morgan fingerprint density at radius 3 is 1.27 bits per heavy atom. The van der Waals surface area contributed by atoms with Crippen molar-refractivity contribution in [2.45, 2.75) is 5.41 Å². The summed E-state index contributed by atoms with van der Waals surface area (Å²) in [6.45, 7) is 0. The number of benzene rings is 11. The maximum absolute atomic E-state index is 2.51. The summed E-state index contributed by atoms with van der Waals surface area (Å²) in [6.07, 6.45) is 0. The molecule has 0 atom stereocenters. The predicted molar refractivity (Wildman–Crippen MR) is 264 cm³/mol. The molecule has 1 spiro atoms. The van der Waals surface area contributed by atoms with Gasteiger partial charge in [0, 0.05) is 22.1 Å². The van der Waals surface area contributed by atoms with Gasteiger partial charge in [0.05, 0.1) is 27.8 Å². The van der Waals surface area contributed by atoms with Gasteiger partial charge >= 0.3 is 0 Å². The fourth-order valence-corrected chi connectivity index (χ4v) is 11.7. The molecule has 0 fully saturated rings. The standard InChI is InChI=1S/C61H38N2/c1-2-19-43-41(17-1)42-18-3-4-20-44(42)51-37-39(33-35-45(43)51)62(59-31-15-16-32-60(59)63-57-29-13-8-24-49(57)50-25-9-14-30-58(50)63)40-34-36-56-52(38-40)48-23-7-12-28-55(48)61(56)53-26-10-5-21-46(53)47-22-6-11-27-54(47)61/h1-38H. The van der Waals surface area contributed by atoms with E-state index in [0.29, 0.717) is 0 Å². The predicted octanol–water partition coefficient (Wildman–Crippen LogP) is 16.1. The molecule has 1 aromatic heterocycles. The second-order valence-corrected chi connectivity index (χ2v) is 17.1. The van der Waals surface area contributed by atoms with E-state index in [0.717, 1.165) is 22.7 Å². The molecular formula is C61H38N2. The minimum Gasteiger partial charge on any atom is -0.308 e. The third-order valence-corrected chi connectivity index (χ3v) is 14.2. The first kappa shape index (κ1) is 34.5. The van der Waals surface area contributed by atoms with Crippen molar-refractivity contribution in [3.05, 3.63) is 253 Å². The number of aromatic nitrogens is 1. The van der Waals surface area contributed by atoms with E-state index in [2.05, 4.69) is 240 Å². The summed E-state index contributed by atoms with van der Waals surface area (Å²) in [5.74, 6) is 0. The van der Waals surface area contributed by atoms with E-state index in [-0.39, 0.29) is 0 Å². The van der Waals surface area contributed by atoms with Crippen molar-refractivity contribution in [2.75, 3.05) is 4.90 Å². The van der Waals surface area contributed by atoms with Crippen LogP contribution in [0.3, 0.4) is 0 Å². The molecule has 2 aliphatic carbocycles. The maximum Gasteiger partial charge on any atom is 0.0725 e. The van der Waals surface area contributed by atoms with Crippen LogP contribution in [0.4, 0.5) is 17.1 Å². The van der Waals surface area contributed by atoms with Crippen LogP contribution in [0.15, 0.2) is 231 Å². The van der Waals surface area contributed by atoms with Gasteiger partial charge in [-0.1, -0.05) is 182 Å². The summed E-state index contributed by atoms with van der Waals surface area (Å²) in [5, 5.41) is 10.1. The van der Waals surface area contributed by atoms with Crippen molar-refractivity contribution in [3.8, 4) is 27.9 Å². The number of hydrogen-bond donors (Lipinski definition) is 0. The zero-order chi connectivity index (χ0) is 41.2. The molecule has 14 rings (SSSR count). The second-order valence-electron chi connectivity index (χ2n) is 17.1.